The third-order valence-electron chi connectivity index (χ3n) is 2.36. The van der Waals surface area contributed by atoms with Gasteiger partial charge in [-0.25, -0.2) is 13.8 Å². The lowest BCUT2D eigenvalue weighted by molar-refractivity contribution is 0.510. The van der Waals surface area contributed by atoms with Gasteiger partial charge in [-0.05, 0) is 27.4 Å². The predicted octanol–water partition coefficient (Wildman–Crippen LogP) is 4.33. The van der Waals surface area contributed by atoms with Crippen LogP contribution < -0.4 is 0 Å². The molecular formula is C11H5BrF2N2S. The van der Waals surface area contributed by atoms with Gasteiger partial charge < -0.3 is 4.98 Å². The molecule has 6 heteroatoms. The highest BCUT2D eigenvalue weighted by molar-refractivity contribution is 9.10. The molecule has 0 radical (unpaired) electrons. The number of halogens is 3. The molecule has 0 fully saturated rings. The van der Waals surface area contributed by atoms with Crippen molar-refractivity contribution >= 4 is 38.3 Å². The van der Waals surface area contributed by atoms with E-state index in [1.807, 2.05) is 11.4 Å². The van der Waals surface area contributed by atoms with Crippen molar-refractivity contribution in [1.29, 1.82) is 0 Å². The van der Waals surface area contributed by atoms with Crippen LogP contribution in [0.1, 0.15) is 0 Å². The summed E-state index contributed by atoms with van der Waals surface area (Å²) in [5, 5.41) is 1.91. The number of H-pyrrole nitrogens is 1. The van der Waals surface area contributed by atoms with Crippen LogP contribution in [0.25, 0.3) is 21.7 Å². The number of nitrogens with one attached hydrogen (secondary N) is 1. The average Bonchev–Trinajstić information content (AvgIpc) is 2.85. The normalized spacial score (nSPS) is 11.2. The van der Waals surface area contributed by atoms with Crippen molar-refractivity contribution in [3.05, 3.63) is 39.7 Å². The number of thiophene rings is 1. The Kier molecular flexibility index (Phi) is 2.48. The van der Waals surface area contributed by atoms with E-state index < -0.39 is 11.6 Å². The fourth-order valence-electron chi connectivity index (χ4n) is 1.58. The molecule has 0 atom stereocenters. The zero-order valence-electron chi connectivity index (χ0n) is 8.30. The van der Waals surface area contributed by atoms with Crippen LogP contribution in [0, 0.1) is 11.6 Å². The molecule has 3 aromatic rings. The third kappa shape index (κ3) is 1.77. The molecule has 0 unspecified atom stereocenters. The Bertz CT molecular complexity index is 666. The number of hydrogen-bond donors (Lipinski definition) is 1. The van der Waals surface area contributed by atoms with Crippen molar-refractivity contribution in [2.24, 2.45) is 0 Å². The lowest BCUT2D eigenvalue weighted by Gasteiger charge is -1.91. The van der Waals surface area contributed by atoms with Gasteiger partial charge in [0.05, 0.1) is 15.9 Å². The quantitative estimate of drug-likeness (QED) is 0.711. The minimum Gasteiger partial charge on any atom is -0.337 e. The summed E-state index contributed by atoms with van der Waals surface area (Å²) in [5.74, 6) is -1.16. The van der Waals surface area contributed by atoms with E-state index in [9.17, 15) is 8.78 Å². The van der Waals surface area contributed by atoms with Gasteiger partial charge >= 0.3 is 0 Å². The SMILES string of the molecule is Fc1cc2nc(-c3sccc3Br)[nH]c2cc1F. The maximum Gasteiger partial charge on any atom is 0.161 e. The van der Waals surface area contributed by atoms with E-state index in [0.29, 0.717) is 16.9 Å². The molecule has 2 nitrogen and oxygen atoms in total. The number of rotatable bonds is 1. The van der Waals surface area contributed by atoms with Crippen molar-refractivity contribution in [2.75, 3.05) is 0 Å². The molecule has 3 rings (SSSR count). The molecule has 17 heavy (non-hydrogen) atoms. The number of fused-ring (bicyclic) bond motifs is 1. The van der Waals surface area contributed by atoms with E-state index in [1.54, 1.807) is 0 Å². The highest BCUT2D eigenvalue weighted by Crippen LogP contribution is 2.32. The van der Waals surface area contributed by atoms with E-state index in [4.69, 9.17) is 0 Å². The Labute approximate surface area is 107 Å². The van der Waals surface area contributed by atoms with Crippen LogP contribution in [-0.2, 0) is 0 Å². The molecule has 0 bridgehead atoms. The Morgan fingerprint density at radius 3 is 2.71 bits per heavy atom. The van der Waals surface area contributed by atoms with Crippen LogP contribution in [0.2, 0.25) is 0 Å². The van der Waals surface area contributed by atoms with E-state index in [0.717, 1.165) is 21.5 Å². The summed E-state index contributed by atoms with van der Waals surface area (Å²) in [6.07, 6.45) is 0. The lowest BCUT2D eigenvalue weighted by Crippen LogP contribution is -1.82. The Morgan fingerprint density at radius 1 is 1.24 bits per heavy atom. The van der Waals surface area contributed by atoms with Gasteiger partial charge in [0, 0.05) is 16.6 Å². The molecule has 0 saturated heterocycles. The molecule has 0 spiro atoms. The molecule has 0 aliphatic rings. The van der Waals surface area contributed by atoms with E-state index in [2.05, 4.69) is 25.9 Å². The number of benzene rings is 1. The zero-order valence-corrected chi connectivity index (χ0v) is 10.7. The first-order valence-electron chi connectivity index (χ1n) is 4.73. The van der Waals surface area contributed by atoms with Crippen molar-refractivity contribution in [1.82, 2.24) is 9.97 Å². The Morgan fingerprint density at radius 2 is 2.00 bits per heavy atom. The smallest absolute Gasteiger partial charge is 0.161 e. The summed E-state index contributed by atoms with van der Waals surface area (Å²) in [7, 11) is 0. The van der Waals surface area contributed by atoms with Gasteiger partial charge in [-0.15, -0.1) is 11.3 Å². The summed E-state index contributed by atoms with van der Waals surface area (Å²) in [4.78, 5) is 8.11. The topological polar surface area (TPSA) is 28.7 Å². The first-order chi connectivity index (χ1) is 8.15. The standard InChI is InChI=1S/C11H5BrF2N2S/c12-5-1-2-17-10(5)11-15-8-3-6(13)7(14)4-9(8)16-11/h1-4H,(H,15,16). The molecule has 2 aromatic heterocycles. The van der Waals surface area contributed by atoms with Crippen LogP contribution >= 0.6 is 27.3 Å². The van der Waals surface area contributed by atoms with Gasteiger partial charge in [0.25, 0.3) is 0 Å². The number of aromatic nitrogens is 2. The van der Waals surface area contributed by atoms with Crippen LogP contribution in [0.3, 0.4) is 0 Å². The van der Waals surface area contributed by atoms with E-state index >= 15 is 0 Å². The second kappa shape index (κ2) is 3.89. The van der Waals surface area contributed by atoms with E-state index in [1.165, 1.54) is 11.3 Å². The predicted molar refractivity (Wildman–Crippen MR) is 67.0 cm³/mol. The molecule has 2 heterocycles. The largest absolute Gasteiger partial charge is 0.337 e. The molecule has 0 aliphatic heterocycles. The highest BCUT2D eigenvalue weighted by Gasteiger charge is 2.12. The number of imidazole rings is 1. The second-order valence-corrected chi connectivity index (χ2v) is 5.24. The maximum absolute atomic E-state index is 13.1. The molecule has 0 aliphatic carbocycles. The van der Waals surface area contributed by atoms with Crippen molar-refractivity contribution in [2.45, 2.75) is 0 Å². The minimum absolute atomic E-state index is 0.416. The van der Waals surface area contributed by atoms with Crippen LogP contribution in [-0.4, -0.2) is 9.97 Å². The van der Waals surface area contributed by atoms with Crippen LogP contribution in [0.15, 0.2) is 28.1 Å². The highest BCUT2D eigenvalue weighted by atomic mass is 79.9. The first kappa shape index (κ1) is 10.9. The maximum atomic E-state index is 13.1. The molecule has 86 valence electrons. The summed E-state index contributed by atoms with van der Waals surface area (Å²) >= 11 is 4.89. The minimum atomic E-state index is -0.888. The summed E-state index contributed by atoms with van der Waals surface area (Å²) in [5.41, 5.74) is 0.901. The Hall–Kier alpha value is -1.27. The summed E-state index contributed by atoms with van der Waals surface area (Å²) in [6.45, 7) is 0. The average molecular weight is 315 g/mol. The number of aromatic amines is 1. The van der Waals surface area contributed by atoms with Crippen LogP contribution in [0.5, 0.6) is 0 Å². The molecular weight excluding hydrogens is 310 g/mol. The van der Waals surface area contributed by atoms with E-state index in [-0.39, 0.29) is 0 Å². The molecule has 0 amide bonds. The van der Waals surface area contributed by atoms with Crippen molar-refractivity contribution in [3.8, 4) is 10.7 Å². The van der Waals surface area contributed by atoms with Gasteiger partial charge in [0.15, 0.2) is 11.6 Å². The van der Waals surface area contributed by atoms with Crippen LogP contribution in [0.4, 0.5) is 8.78 Å². The molecule has 0 saturated carbocycles. The lowest BCUT2D eigenvalue weighted by atomic mass is 10.3. The zero-order chi connectivity index (χ0) is 12.0. The van der Waals surface area contributed by atoms with Gasteiger partial charge in [-0.1, -0.05) is 0 Å². The van der Waals surface area contributed by atoms with Gasteiger partial charge in [-0.2, -0.15) is 0 Å². The second-order valence-electron chi connectivity index (χ2n) is 3.47. The summed E-state index contributed by atoms with van der Waals surface area (Å²) < 4.78 is 27.0. The Balaban J connectivity index is 2.24. The summed E-state index contributed by atoms with van der Waals surface area (Å²) in [6, 6.07) is 4.10. The fraction of sp³-hybridized carbons (Fsp3) is 0. The number of nitrogens with zero attached hydrogens (tertiary/aromatic N) is 1. The van der Waals surface area contributed by atoms with Crippen molar-refractivity contribution in [3.63, 3.8) is 0 Å². The molecule has 1 aromatic carbocycles. The van der Waals surface area contributed by atoms with Crippen molar-refractivity contribution < 1.29 is 8.78 Å². The first-order valence-corrected chi connectivity index (χ1v) is 6.40. The third-order valence-corrected chi connectivity index (χ3v) is 4.20. The number of hydrogen-bond acceptors (Lipinski definition) is 2. The fourth-order valence-corrected chi connectivity index (χ4v) is 3.08. The van der Waals surface area contributed by atoms with Gasteiger partial charge in [0.1, 0.15) is 5.82 Å². The van der Waals surface area contributed by atoms with Gasteiger partial charge in [0.2, 0.25) is 0 Å². The monoisotopic (exact) mass is 314 g/mol. The van der Waals surface area contributed by atoms with Gasteiger partial charge in [-0.3, -0.25) is 0 Å². The molecule has 1 N–H and O–H groups in total.